The molecule has 0 aliphatic carbocycles. The van der Waals surface area contributed by atoms with Gasteiger partial charge in [-0.15, -0.1) is 0 Å². The summed E-state index contributed by atoms with van der Waals surface area (Å²) in [5.41, 5.74) is -1.96. The maximum Gasteiger partial charge on any atom is 0.417 e. The van der Waals surface area contributed by atoms with Crippen molar-refractivity contribution in [3.05, 3.63) is 32.9 Å². The second-order valence-corrected chi connectivity index (χ2v) is 8.71. The minimum atomic E-state index is -4.62. The Labute approximate surface area is 170 Å². The molecule has 1 aliphatic heterocycles. The number of nitrogens with zero attached hydrogens (tertiary/aromatic N) is 2. The Hall–Kier alpha value is -1.52. The van der Waals surface area contributed by atoms with Crippen LogP contribution < -0.4 is 0 Å². The molecule has 5 nitrogen and oxygen atoms in total. The number of halogens is 4. The SMILES string of the molecule is CC1CN(C(=O)OC(C)(C)C)CCN1C(=O)c1ccc(I)cc1C(F)(F)F. The van der Waals surface area contributed by atoms with Crippen molar-refractivity contribution in [3.63, 3.8) is 0 Å². The van der Waals surface area contributed by atoms with Crippen LogP contribution in [0.3, 0.4) is 0 Å². The first kappa shape index (κ1) is 21.8. The monoisotopic (exact) mass is 498 g/mol. The summed E-state index contributed by atoms with van der Waals surface area (Å²) < 4.78 is 45.7. The molecule has 0 N–H and O–H groups in total. The van der Waals surface area contributed by atoms with E-state index < -0.39 is 35.4 Å². The minimum Gasteiger partial charge on any atom is -0.444 e. The van der Waals surface area contributed by atoms with Crippen LogP contribution in [-0.2, 0) is 10.9 Å². The van der Waals surface area contributed by atoms with E-state index in [4.69, 9.17) is 4.74 Å². The second kappa shape index (κ2) is 7.84. The van der Waals surface area contributed by atoms with Crippen LogP contribution in [0.25, 0.3) is 0 Å². The molecular formula is C18H22F3IN2O3. The highest BCUT2D eigenvalue weighted by molar-refractivity contribution is 14.1. The number of carbonyl (C=O) groups excluding carboxylic acids is 2. The van der Waals surface area contributed by atoms with E-state index in [9.17, 15) is 22.8 Å². The average molecular weight is 498 g/mol. The van der Waals surface area contributed by atoms with Gasteiger partial charge < -0.3 is 14.5 Å². The number of rotatable bonds is 1. The Morgan fingerprint density at radius 1 is 1.19 bits per heavy atom. The van der Waals surface area contributed by atoms with E-state index in [1.807, 2.05) is 0 Å². The van der Waals surface area contributed by atoms with Gasteiger partial charge in [-0.3, -0.25) is 4.79 Å². The van der Waals surface area contributed by atoms with Crippen molar-refractivity contribution in [2.45, 2.75) is 45.5 Å². The second-order valence-electron chi connectivity index (χ2n) is 7.46. The zero-order valence-corrected chi connectivity index (χ0v) is 17.7. The Kier molecular flexibility index (Phi) is 6.33. The molecule has 0 saturated carbocycles. The van der Waals surface area contributed by atoms with Gasteiger partial charge in [0.1, 0.15) is 5.60 Å². The quantitative estimate of drug-likeness (QED) is 0.540. The summed E-state index contributed by atoms with van der Waals surface area (Å²) in [6, 6.07) is 3.22. The number of hydrogen-bond donors (Lipinski definition) is 0. The van der Waals surface area contributed by atoms with Crippen molar-refractivity contribution < 1.29 is 27.5 Å². The van der Waals surface area contributed by atoms with Crippen molar-refractivity contribution >= 4 is 34.6 Å². The molecule has 0 radical (unpaired) electrons. The molecule has 0 spiro atoms. The molecule has 1 fully saturated rings. The van der Waals surface area contributed by atoms with E-state index in [0.717, 1.165) is 6.07 Å². The number of alkyl halides is 3. The molecule has 0 aromatic heterocycles. The van der Waals surface area contributed by atoms with Crippen LogP contribution >= 0.6 is 22.6 Å². The first-order chi connectivity index (χ1) is 12.3. The van der Waals surface area contributed by atoms with Gasteiger partial charge in [0, 0.05) is 29.2 Å². The average Bonchev–Trinajstić information content (AvgIpc) is 2.51. The summed E-state index contributed by atoms with van der Waals surface area (Å²) in [6.45, 7) is 7.51. The zero-order valence-electron chi connectivity index (χ0n) is 15.6. The highest BCUT2D eigenvalue weighted by Gasteiger charge is 2.38. The maximum absolute atomic E-state index is 13.3. The van der Waals surface area contributed by atoms with E-state index in [0.29, 0.717) is 3.57 Å². The number of benzene rings is 1. The molecule has 150 valence electrons. The highest BCUT2D eigenvalue weighted by atomic mass is 127. The fourth-order valence-corrected chi connectivity index (χ4v) is 3.34. The Bertz CT molecular complexity index is 732. The van der Waals surface area contributed by atoms with E-state index in [1.54, 1.807) is 50.3 Å². The summed E-state index contributed by atoms with van der Waals surface area (Å²) in [7, 11) is 0. The zero-order chi connectivity index (χ0) is 20.6. The molecule has 1 aromatic rings. The summed E-state index contributed by atoms with van der Waals surface area (Å²) in [5.74, 6) is -0.685. The number of ether oxygens (including phenoxy) is 1. The first-order valence-corrected chi connectivity index (χ1v) is 9.53. The molecular weight excluding hydrogens is 476 g/mol. The van der Waals surface area contributed by atoms with Crippen LogP contribution in [0.5, 0.6) is 0 Å². The van der Waals surface area contributed by atoms with Crippen molar-refractivity contribution in [1.82, 2.24) is 9.80 Å². The van der Waals surface area contributed by atoms with Gasteiger partial charge in [0.15, 0.2) is 0 Å². The van der Waals surface area contributed by atoms with Gasteiger partial charge in [-0.25, -0.2) is 4.79 Å². The van der Waals surface area contributed by atoms with Crippen molar-refractivity contribution in [1.29, 1.82) is 0 Å². The summed E-state index contributed by atoms with van der Waals surface area (Å²) >= 11 is 1.78. The van der Waals surface area contributed by atoms with E-state index in [-0.39, 0.29) is 25.2 Å². The smallest absolute Gasteiger partial charge is 0.417 e. The lowest BCUT2D eigenvalue weighted by Gasteiger charge is -2.40. The fraction of sp³-hybridized carbons (Fsp3) is 0.556. The van der Waals surface area contributed by atoms with Crippen LogP contribution in [0.15, 0.2) is 18.2 Å². The van der Waals surface area contributed by atoms with Gasteiger partial charge in [-0.2, -0.15) is 13.2 Å². The van der Waals surface area contributed by atoms with Gasteiger partial charge in [0.2, 0.25) is 0 Å². The minimum absolute atomic E-state index is 0.141. The topological polar surface area (TPSA) is 49.9 Å². The predicted octanol–water partition coefficient (Wildman–Crippen LogP) is 4.39. The van der Waals surface area contributed by atoms with Gasteiger partial charge in [-0.1, -0.05) is 0 Å². The van der Waals surface area contributed by atoms with Crippen LogP contribution in [0.4, 0.5) is 18.0 Å². The Morgan fingerprint density at radius 3 is 2.33 bits per heavy atom. The lowest BCUT2D eigenvalue weighted by atomic mass is 10.0. The maximum atomic E-state index is 13.3. The Balaban J connectivity index is 2.17. The standard InChI is InChI=1S/C18H22F3IN2O3/c1-11-10-23(16(26)27-17(2,3)4)7-8-24(11)15(25)13-6-5-12(22)9-14(13)18(19,20)21/h5-6,9,11H,7-8,10H2,1-4H3. The summed E-state index contributed by atoms with van der Waals surface area (Å²) in [6.07, 6.45) is -5.11. The number of amides is 2. The van der Waals surface area contributed by atoms with Gasteiger partial charge in [0.05, 0.1) is 11.1 Å². The first-order valence-electron chi connectivity index (χ1n) is 8.45. The van der Waals surface area contributed by atoms with E-state index in [2.05, 4.69) is 0 Å². The molecule has 2 amide bonds. The molecule has 1 atom stereocenters. The van der Waals surface area contributed by atoms with Gasteiger partial charge in [-0.05, 0) is 68.5 Å². The molecule has 0 bridgehead atoms. The molecule has 1 unspecified atom stereocenters. The largest absolute Gasteiger partial charge is 0.444 e. The molecule has 1 aliphatic rings. The lowest BCUT2D eigenvalue weighted by Crippen LogP contribution is -2.56. The van der Waals surface area contributed by atoms with E-state index in [1.165, 1.54) is 21.9 Å². The summed E-state index contributed by atoms with van der Waals surface area (Å²) in [4.78, 5) is 27.8. The molecule has 9 heteroatoms. The van der Waals surface area contributed by atoms with Crippen molar-refractivity contribution in [3.8, 4) is 0 Å². The van der Waals surface area contributed by atoms with Crippen molar-refractivity contribution in [2.24, 2.45) is 0 Å². The molecule has 27 heavy (non-hydrogen) atoms. The normalized spacial score (nSPS) is 18.4. The predicted molar refractivity (Wildman–Crippen MR) is 102 cm³/mol. The number of piperazine rings is 1. The van der Waals surface area contributed by atoms with Crippen LogP contribution in [0, 0.1) is 3.57 Å². The van der Waals surface area contributed by atoms with Crippen molar-refractivity contribution in [2.75, 3.05) is 19.6 Å². The molecule has 1 saturated heterocycles. The third-order valence-electron chi connectivity index (χ3n) is 4.06. The van der Waals surface area contributed by atoms with Crippen LogP contribution in [-0.4, -0.2) is 53.1 Å². The lowest BCUT2D eigenvalue weighted by molar-refractivity contribution is -0.138. The third kappa shape index (κ3) is 5.49. The number of carbonyl (C=O) groups is 2. The fourth-order valence-electron chi connectivity index (χ4n) is 2.84. The summed E-state index contributed by atoms with van der Waals surface area (Å²) in [5, 5.41) is 0. The molecule has 1 aromatic carbocycles. The third-order valence-corrected chi connectivity index (χ3v) is 4.73. The van der Waals surface area contributed by atoms with Gasteiger partial charge >= 0.3 is 12.3 Å². The van der Waals surface area contributed by atoms with Crippen LogP contribution in [0.2, 0.25) is 0 Å². The van der Waals surface area contributed by atoms with Gasteiger partial charge in [0.25, 0.3) is 5.91 Å². The highest BCUT2D eigenvalue weighted by Crippen LogP contribution is 2.34. The molecule has 2 rings (SSSR count). The Morgan fingerprint density at radius 2 is 1.81 bits per heavy atom. The van der Waals surface area contributed by atoms with E-state index >= 15 is 0 Å². The van der Waals surface area contributed by atoms with Crippen LogP contribution in [0.1, 0.15) is 43.6 Å². The number of hydrogen-bond acceptors (Lipinski definition) is 3. The molecule has 1 heterocycles.